The Bertz CT molecular complexity index is 423. The van der Waals surface area contributed by atoms with Gasteiger partial charge in [-0.2, -0.15) is 0 Å². The topological polar surface area (TPSA) is 21.7 Å². The zero-order chi connectivity index (χ0) is 14.5. The Hall–Kier alpha value is -1.22. The van der Waals surface area contributed by atoms with Crippen LogP contribution in [0.5, 0.6) is 11.5 Å². The lowest BCUT2D eigenvalue weighted by atomic mass is 9.91. The zero-order valence-corrected chi connectivity index (χ0v) is 13.2. The third-order valence-electron chi connectivity index (χ3n) is 3.88. The molecule has 2 atom stereocenters. The number of ether oxygens (including phenoxy) is 2. The van der Waals surface area contributed by atoms with Gasteiger partial charge in [-0.1, -0.05) is 19.9 Å². The van der Waals surface area contributed by atoms with Gasteiger partial charge < -0.3 is 9.47 Å². The Balaban J connectivity index is 2.07. The van der Waals surface area contributed by atoms with Crippen LogP contribution in [-0.4, -0.2) is 31.7 Å². The van der Waals surface area contributed by atoms with Crippen molar-refractivity contribution in [1.82, 2.24) is 4.90 Å². The van der Waals surface area contributed by atoms with Crippen LogP contribution in [0.15, 0.2) is 18.2 Å². The second-order valence-electron chi connectivity index (χ2n) is 6.06. The molecule has 0 spiro atoms. The summed E-state index contributed by atoms with van der Waals surface area (Å²) < 4.78 is 11.0. The van der Waals surface area contributed by atoms with E-state index in [2.05, 4.69) is 30.9 Å². The molecule has 0 aliphatic carbocycles. The summed E-state index contributed by atoms with van der Waals surface area (Å²) in [7, 11) is 1.69. The molecule has 3 nitrogen and oxygen atoms in total. The molecular formula is C17H27NO2. The van der Waals surface area contributed by atoms with Crippen LogP contribution in [0.1, 0.15) is 32.8 Å². The number of likely N-dealkylation sites (tertiary alicyclic amines) is 1. The third kappa shape index (κ3) is 3.89. The maximum atomic E-state index is 5.66. The average Bonchev–Trinajstić information content (AvgIpc) is 2.38. The molecule has 1 aromatic rings. The minimum Gasteiger partial charge on any atom is -0.493 e. The molecular weight excluding hydrogens is 250 g/mol. The van der Waals surface area contributed by atoms with Crippen molar-refractivity contribution >= 4 is 0 Å². The first-order chi connectivity index (χ1) is 9.62. The van der Waals surface area contributed by atoms with Gasteiger partial charge in [-0.15, -0.1) is 0 Å². The van der Waals surface area contributed by atoms with E-state index in [1.54, 1.807) is 7.11 Å². The SMILES string of the molecule is CCOc1cc(CN2C[C@@H](C)C[C@H](C)C2)ccc1OC. The van der Waals surface area contributed by atoms with E-state index in [1.807, 2.05) is 13.0 Å². The molecule has 0 aromatic heterocycles. The molecule has 20 heavy (non-hydrogen) atoms. The van der Waals surface area contributed by atoms with Gasteiger partial charge in [0.2, 0.25) is 0 Å². The zero-order valence-electron chi connectivity index (χ0n) is 13.2. The van der Waals surface area contributed by atoms with E-state index < -0.39 is 0 Å². The molecule has 0 bridgehead atoms. The van der Waals surface area contributed by atoms with Crippen molar-refractivity contribution in [2.75, 3.05) is 26.8 Å². The average molecular weight is 277 g/mol. The summed E-state index contributed by atoms with van der Waals surface area (Å²) in [4.78, 5) is 2.55. The Morgan fingerprint density at radius 3 is 2.45 bits per heavy atom. The number of rotatable bonds is 5. The first kappa shape index (κ1) is 15.2. The third-order valence-corrected chi connectivity index (χ3v) is 3.88. The molecule has 1 heterocycles. The maximum Gasteiger partial charge on any atom is 0.161 e. The number of nitrogens with zero attached hydrogens (tertiary/aromatic N) is 1. The molecule has 3 heteroatoms. The fourth-order valence-electron chi connectivity index (χ4n) is 3.27. The van der Waals surface area contributed by atoms with Crippen LogP contribution >= 0.6 is 0 Å². The normalized spacial score (nSPS) is 23.6. The lowest BCUT2D eigenvalue weighted by Gasteiger charge is -2.35. The highest BCUT2D eigenvalue weighted by atomic mass is 16.5. The van der Waals surface area contributed by atoms with E-state index in [9.17, 15) is 0 Å². The van der Waals surface area contributed by atoms with Crippen LogP contribution in [0, 0.1) is 11.8 Å². The van der Waals surface area contributed by atoms with E-state index in [0.29, 0.717) is 6.61 Å². The van der Waals surface area contributed by atoms with Gasteiger partial charge in [0.05, 0.1) is 13.7 Å². The number of hydrogen-bond donors (Lipinski definition) is 0. The van der Waals surface area contributed by atoms with Crippen LogP contribution in [0.3, 0.4) is 0 Å². The summed E-state index contributed by atoms with van der Waals surface area (Å²) in [6.07, 6.45) is 1.35. The van der Waals surface area contributed by atoms with Crippen molar-refractivity contribution < 1.29 is 9.47 Å². The molecule has 1 aliphatic rings. The Kier molecular flexibility index (Phi) is 5.30. The second kappa shape index (κ2) is 6.98. The fourth-order valence-corrected chi connectivity index (χ4v) is 3.27. The van der Waals surface area contributed by atoms with Crippen molar-refractivity contribution in [2.45, 2.75) is 33.7 Å². The van der Waals surface area contributed by atoms with Gasteiger partial charge in [-0.3, -0.25) is 4.90 Å². The van der Waals surface area contributed by atoms with Gasteiger partial charge in [-0.25, -0.2) is 0 Å². The molecule has 2 rings (SSSR count). The van der Waals surface area contributed by atoms with Gasteiger partial charge >= 0.3 is 0 Å². The lowest BCUT2D eigenvalue weighted by molar-refractivity contribution is 0.134. The van der Waals surface area contributed by atoms with Gasteiger partial charge in [0.25, 0.3) is 0 Å². The Labute approximate surface area is 122 Å². The first-order valence-electron chi connectivity index (χ1n) is 7.64. The van der Waals surface area contributed by atoms with Crippen molar-refractivity contribution in [3.05, 3.63) is 23.8 Å². The van der Waals surface area contributed by atoms with Gasteiger partial charge in [0.1, 0.15) is 0 Å². The molecule has 0 saturated carbocycles. The summed E-state index contributed by atoms with van der Waals surface area (Å²) in [5.74, 6) is 3.26. The number of piperidine rings is 1. The molecule has 0 amide bonds. The smallest absolute Gasteiger partial charge is 0.161 e. The summed E-state index contributed by atoms with van der Waals surface area (Å²) in [5, 5.41) is 0. The Morgan fingerprint density at radius 1 is 1.15 bits per heavy atom. The van der Waals surface area contributed by atoms with E-state index in [4.69, 9.17) is 9.47 Å². The van der Waals surface area contributed by atoms with E-state index >= 15 is 0 Å². The molecule has 1 aliphatic heterocycles. The van der Waals surface area contributed by atoms with Crippen LogP contribution in [-0.2, 0) is 6.54 Å². The van der Waals surface area contributed by atoms with Crippen molar-refractivity contribution in [3.63, 3.8) is 0 Å². The monoisotopic (exact) mass is 277 g/mol. The number of methoxy groups -OCH3 is 1. The molecule has 0 unspecified atom stereocenters. The Morgan fingerprint density at radius 2 is 1.85 bits per heavy atom. The maximum absolute atomic E-state index is 5.66. The molecule has 1 saturated heterocycles. The summed E-state index contributed by atoms with van der Waals surface area (Å²) in [5.41, 5.74) is 1.30. The van der Waals surface area contributed by atoms with E-state index in [0.717, 1.165) is 29.9 Å². The van der Waals surface area contributed by atoms with Crippen LogP contribution < -0.4 is 9.47 Å². The summed E-state index contributed by atoms with van der Waals surface area (Å²) in [6, 6.07) is 6.27. The minimum atomic E-state index is 0.664. The van der Waals surface area contributed by atoms with Gasteiger partial charge in [0.15, 0.2) is 11.5 Å². The molecule has 0 N–H and O–H groups in total. The predicted octanol–water partition coefficient (Wildman–Crippen LogP) is 3.57. The molecule has 112 valence electrons. The van der Waals surface area contributed by atoms with Gasteiger partial charge in [-0.05, 0) is 42.9 Å². The molecule has 1 aromatic carbocycles. The summed E-state index contributed by atoms with van der Waals surface area (Å²) in [6.45, 7) is 10.8. The summed E-state index contributed by atoms with van der Waals surface area (Å²) >= 11 is 0. The van der Waals surface area contributed by atoms with Crippen LogP contribution in [0.4, 0.5) is 0 Å². The number of hydrogen-bond acceptors (Lipinski definition) is 3. The molecule has 1 fully saturated rings. The van der Waals surface area contributed by atoms with Crippen molar-refractivity contribution in [1.29, 1.82) is 0 Å². The van der Waals surface area contributed by atoms with Crippen LogP contribution in [0.2, 0.25) is 0 Å². The van der Waals surface area contributed by atoms with Crippen molar-refractivity contribution in [3.8, 4) is 11.5 Å². The van der Waals surface area contributed by atoms with Crippen LogP contribution in [0.25, 0.3) is 0 Å². The lowest BCUT2D eigenvalue weighted by Crippen LogP contribution is -2.38. The highest BCUT2D eigenvalue weighted by Crippen LogP contribution is 2.29. The van der Waals surface area contributed by atoms with E-state index in [-0.39, 0.29) is 0 Å². The minimum absolute atomic E-state index is 0.664. The number of benzene rings is 1. The predicted molar refractivity (Wildman–Crippen MR) is 82.4 cm³/mol. The first-order valence-corrected chi connectivity index (χ1v) is 7.64. The largest absolute Gasteiger partial charge is 0.493 e. The highest BCUT2D eigenvalue weighted by Gasteiger charge is 2.21. The van der Waals surface area contributed by atoms with Crippen molar-refractivity contribution in [2.24, 2.45) is 11.8 Å². The molecule has 0 radical (unpaired) electrons. The van der Waals surface area contributed by atoms with Gasteiger partial charge in [0, 0.05) is 19.6 Å². The standard InChI is InChI=1S/C17H27NO2/c1-5-20-17-9-15(6-7-16(17)19-4)12-18-10-13(2)8-14(3)11-18/h6-7,9,13-14H,5,8,10-12H2,1-4H3/t13-,14-/m0/s1. The second-order valence-corrected chi connectivity index (χ2v) is 6.06. The highest BCUT2D eigenvalue weighted by molar-refractivity contribution is 5.42. The quantitative estimate of drug-likeness (QED) is 0.821. The fraction of sp³-hybridized carbons (Fsp3) is 0.647. The van der Waals surface area contributed by atoms with E-state index in [1.165, 1.54) is 25.1 Å².